The highest BCUT2D eigenvalue weighted by Gasteiger charge is 2.40. The molecule has 0 heteroatoms. The molecule has 0 saturated heterocycles. The van der Waals surface area contributed by atoms with E-state index in [1.807, 2.05) is 11.1 Å². The molecule has 0 aromatic heterocycles. The largest absolute Gasteiger partial charge is 0.0636 e. The smallest absolute Gasteiger partial charge is 0.0159 e. The maximum absolute atomic E-state index is 2.07. The summed E-state index contributed by atoms with van der Waals surface area (Å²) in [6.45, 7) is 0. The van der Waals surface area contributed by atoms with Crippen molar-refractivity contribution in [3.8, 4) is 0 Å². The first-order chi connectivity index (χ1) is 13.9. The van der Waals surface area contributed by atoms with Gasteiger partial charge in [-0.1, -0.05) is 36.8 Å². The normalized spacial score (nSPS) is 46.3. The van der Waals surface area contributed by atoms with Crippen LogP contribution in [0, 0.1) is 35.5 Å². The van der Waals surface area contributed by atoms with Gasteiger partial charge in [-0.25, -0.2) is 0 Å². The van der Waals surface area contributed by atoms with Gasteiger partial charge in [0.2, 0.25) is 0 Å². The first kappa shape index (κ1) is 18.3. The topological polar surface area (TPSA) is 0 Å². The third kappa shape index (κ3) is 3.16. The highest BCUT2D eigenvalue weighted by atomic mass is 14.5. The van der Waals surface area contributed by atoms with E-state index in [4.69, 9.17) is 0 Å². The Morgan fingerprint density at radius 3 is 1.93 bits per heavy atom. The lowest BCUT2D eigenvalue weighted by Gasteiger charge is -2.43. The molecule has 6 aliphatic carbocycles. The van der Waals surface area contributed by atoms with Gasteiger partial charge >= 0.3 is 0 Å². The van der Waals surface area contributed by atoms with Crippen molar-refractivity contribution >= 4 is 0 Å². The molecule has 6 bridgehead atoms. The van der Waals surface area contributed by atoms with Crippen LogP contribution in [0.15, 0.2) is 22.3 Å². The van der Waals surface area contributed by atoms with Gasteiger partial charge in [0.1, 0.15) is 0 Å². The molecule has 0 aromatic rings. The molecule has 0 amide bonds. The van der Waals surface area contributed by atoms with Crippen LogP contribution < -0.4 is 0 Å². The molecule has 0 aromatic carbocycles. The monoisotopic (exact) mass is 378 g/mol. The number of hydrogen-bond acceptors (Lipinski definition) is 0. The highest BCUT2D eigenvalue weighted by molar-refractivity contribution is 5.45. The second-order valence-electron chi connectivity index (χ2n) is 11.7. The molecule has 0 nitrogen and oxygen atoms in total. The summed E-state index contributed by atoms with van der Waals surface area (Å²) in [6.07, 6.45) is 27.5. The van der Waals surface area contributed by atoms with Crippen molar-refractivity contribution in [3.63, 3.8) is 0 Å². The molecule has 6 aliphatic rings. The summed E-state index contributed by atoms with van der Waals surface area (Å²) in [5.74, 6) is 6.05. The fourth-order valence-corrected chi connectivity index (χ4v) is 8.95. The minimum atomic E-state index is 0.947. The van der Waals surface area contributed by atoms with Crippen molar-refractivity contribution in [2.75, 3.05) is 0 Å². The molecule has 6 fully saturated rings. The van der Waals surface area contributed by atoms with E-state index < -0.39 is 0 Å². The van der Waals surface area contributed by atoms with Crippen molar-refractivity contribution in [1.29, 1.82) is 0 Å². The van der Waals surface area contributed by atoms with E-state index in [2.05, 4.69) is 11.1 Å². The van der Waals surface area contributed by atoms with Crippen LogP contribution in [-0.2, 0) is 0 Å². The van der Waals surface area contributed by atoms with Crippen molar-refractivity contribution in [3.05, 3.63) is 22.3 Å². The summed E-state index contributed by atoms with van der Waals surface area (Å²) in [5, 5.41) is 0. The van der Waals surface area contributed by atoms with Gasteiger partial charge in [0.25, 0.3) is 0 Å². The first-order valence-electron chi connectivity index (χ1n) is 13.3. The number of rotatable bonds is 0. The van der Waals surface area contributed by atoms with Crippen molar-refractivity contribution in [2.45, 2.75) is 116 Å². The summed E-state index contributed by atoms with van der Waals surface area (Å²) in [6, 6.07) is 0. The van der Waals surface area contributed by atoms with Crippen LogP contribution in [0.4, 0.5) is 0 Å². The molecule has 6 rings (SSSR count). The van der Waals surface area contributed by atoms with Gasteiger partial charge in [-0.15, -0.1) is 0 Å². The van der Waals surface area contributed by atoms with Crippen LogP contribution in [0.25, 0.3) is 0 Å². The predicted octanol–water partition coefficient (Wildman–Crippen LogP) is 8.38. The third-order valence-corrected chi connectivity index (χ3v) is 10.3. The predicted molar refractivity (Wildman–Crippen MR) is 118 cm³/mol. The summed E-state index contributed by atoms with van der Waals surface area (Å²) in [5.41, 5.74) is 8.16. The van der Waals surface area contributed by atoms with Crippen LogP contribution in [0.2, 0.25) is 0 Å². The molecule has 0 aliphatic heterocycles. The van der Waals surface area contributed by atoms with Crippen molar-refractivity contribution in [1.82, 2.24) is 0 Å². The van der Waals surface area contributed by atoms with Gasteiger partial charge in [0, 0.05) is 0 Å². The summed E-state index contributed by atoms with van der Waals surface area (Å²) in [7, 11) is 0. The molecule has 28 heavy (non-hydrogen) atoms. The van der Waals surface area contributed by atoms with E-state index in [1.54, 1.807) is 25.7 Å². The van der Waals surface area contributed by atoms with Crippen molar-refractivity contribution < 1.29 is 0 Å². The minimum Gasteiger partial charge on any atom is -0.0636 e. The quantitative estimate of drug-likeness (QED) is 0.397. The average Bonchev–Trinajstić information content (AvgIpc) is 2.95. The summed E-state index contributed by atoms with van der Waals surface area (Å²) in [4.78, 5) is 0. The Balaban J connectivity index is 1.51. The second kappa shape index (κ2) is 7.63. The van der Waals surface area contributed by atoms with Crippen LogP contribution >= 0.6 is 0 Å². The first-order valence-corrected chi connectivity index (χ1v) is 13.3. The molecular formula is C28H42. The van der Waals surface area contributed by atoms with E-state index in [9.17, 15) is 0 Å². The molecule has 4 atom stereocenters. The van der Waals surface area contributed by atoms with E-state index in [-0.39, 0.29) is 0 Å². The molecule has 154 valence electrons. The average molecular weight is 379 g/mol. The number of hydrogen-bond donors (Lipinski definition) is 0. The lowest BCUT2D eigenvalue weighted by molar-refractivity contribution is 0.268. The lowest BCUT2D eigenvalue weighted by atomic mass is 9.62. The molecule has 0 spiro atoms. The van der Waals surface area contributed by atoms with Gasteiger partial charge in [-0.05, 0) is 137 Å². The van der Waals surface area contributed by atoms with E-state index in [1.165, 1.54) is 89.9 Å². The molecule has 0 N–H and O–H groups in total. The molecule has 6 saturated carbocycles. The van der Waals surface area contributed by atoms with Gasteiger partial charge < -0.3 is 0 Å². The van der Waals surface area contributed by atoms with Crippen LogP contribution in [-0.4, -0.2) is 0 Å². The highest BCUT2D eigenvalue weighted by Crippen LogP contribution is 2.55. The van der Waals surface area contributed by atoms with Gasteiger partial charge in [-0.3, -0.25) is 0 Å². The standard InChI is InChI=1S/C28H42/c1-4-19-10-14-23(5-1)28(27-21-6-2-7-22(27)9-3-8-21)26(17-12-19)25-16-13-20-11-15-24(25)18-20/h19-24H,1-18H2. The minimum absolute atomic E-state index is 0.947. The fourth-order valence-electron chi connectivity index (χ4n) is 8.95. The van der Waals surface area contributed by atoms with E-state index in [0.717, 1.165) is 35.5 Å². The Morgan fingerprint density at radius 2 is 1.11 bits per heavy atom. The Morgan fingerprint density at radius 1 is 0.464 bits per heavy atom. The number of fused-ring (bicyclic) bond motifs is 7. The fraction of sp³-hybridized carbons (Fsp3) is 0.857. The van der Waals surface area contributed by atoms with Crippen molar-refractivity contribution in [2.24, 2.45) is 35.5 Å². The van der Waals surface area contributed by atoms with Gasteiger partial charge in [0.15, 0.2) is 0 Å². The lowest BCUT2D eigenvalue weighted by Crippen LogP contribution is -2.29. The Bertz CT molecular complexity index is 640. The molecule has 0 radical (unpaired) electrons. The van der Waals surface area contributed by atoms with E-state index >= 15 is 0 Å². The zero-order chi connectivity index (χ0) is 18.5. The van der Waals surface area contributed by atoms with Gasteiger partial charge in [-0.2, -0.15) is 0 Å². The molecule has 4 unspecified atom stereocenters. The SMILES string of the molecule is C1CC2CCC(=C3CCC4CCC3C4)C(=C3C4CCCC3CCC4)C(C1)CC2. The molecule has 0 heterocycles. The van der Waals surface area contributed by atoms with Crippen LogP contribution in [0.3, 0.4) is 0 Å². The maximum Gasteiger partial charge on any atom is -0.0159 e. The van der Waals surface area contributed by atoms with Crippen LogP contribution in [0.1, 0.15) is 116 Å². The van der Waals surface area contributed by atoms with Crippen LogP contribution in [0.5, 0.6) is 0 Å². The Kier molecular flexibility index (Phi) is 4.97. The Labute approximate surface area is 173 Å². The molecular weight excluding hydrogens is 336 g/mol. The van der Waals surface area contributed by atoms with E-state index in [0.29, 0.717) is 0 Å². The second-order valence-corrected chi connectivity index (χ2v) is 11.7. The third-order valence-electron chi connectivity index (χ3n) is 10.3. The van der Waals surface area contributed by atoms with Gasteiger partial charge in [0.05, 0.1) is 0 Å². The zero-order valence-corrected chi connectivity index (χ0v) is 18.2. The summed E-state index contributed by atoms with van der Waals surface area (Å²) < 4.78 is 0. The maximum atomic E-state index is 2.07. The Hall–Kier alpha value is -0.520. The summed E-state index contributed by atoms with van der Waals surface area (Å²) >= 11 is 0. The zero-order valence-electron chi connectivity index (χ0n) is 18.2. The number of allylic oxidation sites excluding steroid dienone is 4.